The second kappa shape index (κ2) is 9.03. The molecule has 0 aliphatic rings. The van der Waals surface area contributed by atoms with Crippen LogP contribution in [-0.2, 0) is 16.0 Å². The molecule has 0 radical (unpaired) electrons. The lowest BCUT2D eigenvalue weighted by molar-refractivity contribution is -0.116. The number of amides is 1. The van der Waals surface area contributed by atoms with E-state index in [0.717, 1.165) is 10.4 Å². The van der Waals surface area contributed by atoms with Crippen LogP contribution < -0.4 is 5.32 Å². The molecular formula is C19H21NO3S. The Balaban J connectivity index is 2.20. The van der Waals surface area contributed by atoms with E-state index in [4.69, 9.17) is 4.74 Å². The SMILES string of the molecule is C=CCCC(=O)Nc1sc(Cc2ccccc2)cc1C(=O)OCC. The monoisotopic (exact) mass is 343 g/mol. The average Bonchev–Trinajstić information content (AvgIpc) is 2.96. The minimum absolute atomic E-state index is 0.131. The van der Waals surface area contributed by atoms with Crippen LogP contribution in [0.5, 0.6) is 0 Å². The summed E-state index contributed by atoms with van der Waals surface area (Å²) in [4.78, 5) is 25.1. The van der Waals surface area contributed by atoms with Gasteiger partial charge in [-0.2, -0.15) is 0 Å². The lowest BCUT2D eigenvalue weighted by atomic mass is 10.1. The molecule has 126 valence electrons. The number of nitrogens with one attached hydrogen (secondary N) is 1. The second-order valence-corrected chi connectivity index (χ2v) is 6.35. The first-order valence-corrected chi connectivity index (χ1v) is 8.70. The summed E-state index contributed by atoms with van der Waals surface area (Å²) in [5.74, 6) is -0.541. The molecule has 0 fully saturated rings. The summed E-state index contributed by atoms with van der Waals surface area (Å²) in [6, 6.07) is 11.8. The first kappa shape index (κ1) is 17.9. The van der Waals surface area contributed by atoms with Crippen molar-refractivity contribution in [2.45, 2.75) is 26.2 Å². The maximum atomic E-state index is 12.1. The van der Waals surface area contributed by atoms with Gasteiger partial charge in [0.25, 0.3) is 0 Å². The van der Waals surface area contributed by atoms with Crippen LogP contribution in [0.1, 0.15) is 40.6 Å². The number of esters is 1. The molecule has 1 N–H and O–H groups in total. The summed E-state index contributed by atoms with van der Waals surface area (Å²) in [6.45, 7) is 5.67. The van der Waals surface area contributed by atoms with Gasteiger partial charge in [-0.1, -0.05) is 36.4 Å². The van der Waals surface area contributed by atoms with E-state index in [1.54, 1.807) is 19.1 Å². The maximum Gasteiger partial charge on any atom is 0.341 e. The van der Waals surface area contributed by atoms with Crippen LogP contribution in [0.2, 0.25) is 0 Å². The zero-order valence-corrected chi connectivity index (χ0v) is 14.5. The summed E-state index contributed by atoms with van der Waals surface area (Å²) in [5.41, 5.74) is 1.57. The van der Waals surface area contributed by atoms with Crippen LogP contribution in [0.3, 0.4) is 0 Å². The standard InChI is InChI=1S/C19H21NO3S/c1-3-5-11-17(21)20-18-16(19(22)23-4-2)13-15(24-18)12-14-9-7-6-8-10-14/h3,6-10,13H,1,4-5,11-12H2,2H3,(H,20,21). The van der Waals surface area contributed by atoms with Crippen molar-refractivity contribution < 1.29 is 14.3 Å². The Morgan fingerprint density at radius 3 is 2.71 bits per heavy atom. The molecule has 1 aromatic heterocycles. The number of ether oxygens (including phenoxy) is 1. The summed E-state index contributed by atoms with van der Waals surface area (Å²) in [6.07, 6.45) is 3.35. The van der Waals surface area contributed by atoms with E-state index in [0.29, 0.717) is 36.4 Å². The van der Waals surface area contributed by atoms with Gasteiger partial charge in [0.15, 0.2) is 0 Å². The van der Waals surface area contributed by atoms with Crippen molar-refractivity contribution in [3.8, 4) is 0 Å². The Hall–Kier alpha value is -2.40. The van der Waals surface area contributed by atoms with Gasteiger partial charge in [0.2, 0.25) is 5.91 Å². The number of rotatable bonds is 8. The van der Waals surface area contributed by atoms with Crippen LogP contribution in [0.4, 0.5) is 5.00 Å². The molecule has 0 aliphatic heterocycles. The molecule has 1 aromatic carbocycles. The third-order valence-electron chi connectivity index (χ3n) is 3.33. The van der Waals surface area contributed by atoms with E-state index in [9.17, 15) is 9.59 Å². The highest BCUT2D eigenvalue weighted by atomic mass is 32.1. The highest BCUT2D eigenvalue weighted by Crippen LogP contribution is 2.30. The number of carbonyl (C=O) groups is 2. The van der Waals surface area contributed by atoms with Gasteiger partial charge in [0.1, 0.15) is 5.00 Å². The fourth-order valence-corrected chi connectivity index (χ4v) is 3.30. The van der Waals surface area contributed by atoms with Gasteiger partial charge in [-0.15, -0.1) is 17.9 Å². The summed E-state index contributed by atoms with van der Waals surface area (Å²) in [5, 5.41) is 3.37. The van der Waals surface area contributed by atoms with Crippen LogP contribution in [0, 0.1) is 0 Å². The summed E-state index contributed by atoms with van der Waals surface area (Å²) >= 11 is 1.41. The van der Waals surface area contributed by atoms with Gasteiger partial charge >= 0.3 is 5.97 Å². The van der Waals surface area contributed by atoms with Crippen molar-refractivity contribution in [2.75, 3.05) is 11.9 Å². The fourth-order valence-electron chi connectivity index (χ4n) is 2.20. The smallest absolute Gasteiger partial charge is 0.341 e. The third kappa shape index (κ3) is 5.06. The van der Waals surface area contributed by atoms with Crippen molar-refractivity contribution in [1.82, 2.24) is 0 Å². The molecule has 2 aromatic rings. The van der Waals surface area contributed by atoms with Gasteiger partial charge in [0.05, 0.1) is 12.2 Å². The molecule has 24 heavy (non-hydrogen) atoms. The molecule has 0 bridgehead atoms. The summed E-state index contributed by atoms with van der Waals surface area (Å²) < 4.78 is 5.10. The molecule has 0 aliphatic carbocycles. The lowest BCUT2D eigenvalue weighted by Crippen LogP contribution is -2.13. The van der Waals surface area contributed by atoms with Crippen molar-refractivity contribution in [3.05, 3.63) is 65.1 Å². The minimum atomic E-state index is -0.410. The molecule has 0 unspecified atom stereocenters. The van der Waals surface area contributed by atoms with Crippen molar-refractivity contribution >= 4 is 28.2 Å². The van der Waals surface area contributed by atoms with E-state index >= 15 is 0 Å². The fraction of sp³-hybridized carbons (Fsp3) is 0.263. The Morgan fingerprint density at radius 1 is 1.29 bits per heavy atom. The molecule has 0 atom stereocenters. The molecule has 0 saturated carbocycles. The predicted molar refractivity (Wildman–Crippen MR) is 97.6 cm³/mol. The van der Waals surface area contributed by atoms with Crippen LogP contribution in [0.25, 0.3) is 0 Å². The van der Waals surface area contributed by atoms with Gasteiger partial charge in [0, 0.05) is 17.7 Å². The van der Waals surface area contributed by atoms with Gasteiger partial charge in [-0.25, -0.2) is 4.79 Å². The van der Waals surface area contributed by atoms with Crippen LogP contribution in [-0.4, -0.2) is 18.5 Å². The quantitative estimate of drug-likeness (QED) is 0.570. The topological polar surface area (TPSA) is 55.4 Å². The number of anilines is 1. The highest BCUT2D eigenvalue weighted by molar-refractivity contribution is 7.16. The number of hydrogen-bond donors (Lipinski definition) is 1. The molecular weight excluding hydrogens is 322 g/mol. The van der Waals surface area contributed by atoms with Crippen LogP contribution >= 0.6 is 11.3 Å². The number of hydrogen-bond acceptors (Lipinski definition) is 4. The Kier molecular flexibility index (Phi) is 6.75. The Labute approximate surface area is 146 Å². The Bertz CT molecular complexity index is 707. The number of benzene rings is 1. The van der Waals surface area contributed by atoms with Crippen molar-refractivity contribution in [1.29, 1.82) is 0 Å². The average molecular weight is 343 g/mol. The van der Waals surface area contributed by atoms with Gasteiger partial charge < -0.3 is 10.1 Å². The lowest BCUT2D eigenvalue weighted by Gasteiger charge is -2.05. The van der Waals surface area contributed by atoms with E-state index in [2.05, 4.69) is 11.9 Å². The zero-order chi connectivity index (χ0) is 17.4. The van der Waals surface area contributed by atoms with Crippen molar-refractivity contribution in [2.24, 2.45) is 0 Å². The first-order valence-electron chi connectivity index (χ1n) is 7.88. The molecule has 0 spiro atoms. The van der Waals surface area contributed by atoms with Gasteiger partial charge in [-0.3, -0.25) is 4.79 Å². The summed E-state index contributed by atoms with van der Waals surface area (Å²) in [7, 11) is 0. The number of allylic oxidation sites excluding steroid dienone is 1. The zero-order valence-electron chi connectivity index (χ0n) is 13.7. The first-order chi connectivity index (χ1) is 11.6. The normalized spacial score (nSPS) is 10.2. The molecule has 0 saturated heterocycles. The van der Waals surface area contributed by atoms with Gasteiger partial charge in [-0.05, 0) is 25.0 Å². The maximum absolute atomic E-state index is 12.1. The van der Waals surface area contributed by atoms with E-state index in [-0.39, 0.29) is 5.91 Å². The van der Waals surface area contributed by atoms with E-state index in [1.165, 1.54) is 11.3 Å². The largest absolute Gasteiger partial charge is 0.462 e. The Morgan fingerprint density at radius 2 is 2.04 bits per heavy atom. The van der Waals surface area contributed by atoms with Crippen LogP contribution in [0.15, 0.2) is 49.1 Å². The molecule has 1 amide bonds. The molecule has 4 nitrogen and oxygen atoms in total. The molecule has 2 rings (SSSR count). The molecule has 1 heterocycles. The third-order valence-corrected chi connectivity index (χ3v) is 4.38. The van der Waals surface area contributed by atoms with E-state index < -0.39 is 5.97 Å². The van der Waals surface area contributed by atoms with E-state index in [1.807, 2.05) is 30.3 Å². The number of carbonyl (C=O) groups excluding carboxylic acids is 2. The predicted octanol–water partition coefficient (Wildman–Crippen LogP) is 4.42. The van der Waals surface area contributed by atoms with Crippen molar-refractivity contribution in [3.63, 3.8) is 0 Å². The highest BCUT2D eigenvalue weighted by Gasteiger charge is 2.19. The second-order valence-electron chi connectivity index (χ2n) is 5.21. The minimum Gasteiger partial charge on any atom is -0.462 e. The molecule has 5 heteroatoms. The number of thiophene rings is 1.